The van der Waals surface area contributed by atoms with Crippen molar-refractivity contribution in [3.8, 4) is 0 Å². The fourth-order valence-electron chi connectivity index (χ4n) is 1.63. The lowest BCUT2D eigenvalue weighted by molar-refractivity contribution is -0.175. The van der Waals surface area contributed by atoms with E-state index in [9.17, 15) is 18.3 Å². The van der Waals surface area contributed by atoms with Gasteiger partial charge in [0.2, 0.25) is 0 Å². The lowest BCUT2D eigenvalue weighted by Crippen LogP contribution is -2.20. The Hall–Kier alpha value is -0.790. The molecular weight excluding hydrogens is 285 g/mol. The highest BCUT2D eigenvalue weighted by atomic mass is 35.5. The molecule has 1 unspecified atom stereocenters. The molecule has 1 rings (SSSR count). The van der Waals surface area contributed by atoms with E-state index in [1.165, 1.54) is 0 Å². The van der Waals surface area contributed by atoms with Crippen LogP contribution in [0.3, 0.4) is 0 Å². The van der Waals surface area contributed by atoms with Crippen LogP contribution >= 0.6 is 11.6 Å². The van der Waals surface area contributed by atoms with Gasteiger partial charge < -0.3 is 9.84 Å². The summed E-state index contributed by atoms with van der Waals surface area (Å²) in [6.07, 6.45) is -4.82. The number of hydrogen-bond donors (Lipinski definition) is 1. The van der Waals surface area contributed by atoms with Crippen LogP contribution in [0.1, 0.15) is 17.8 Å². The first-order valence-corrected chi connectivity index (χ1v) is 6.09. The van der Waals surface area contributed by atoms with Crippen LogP contribution in [0.4, 0.5) is 13.2 Å². The number of aryl methyl sites for hydroxylation is 2. The smallest absolute Gasteiger partial charge is 0.393 e. The van der Waals surface area contributed by atoms with E-state index in [0.717, 1.165) is 0 Å². The van der Waals surface area contributed by atoms with E-state index in [1.54, 1.807) is 18.7 Å². The summed E-state index contributed by atoms with van der Waals surface area (Å²) >= 11 is 6.00. The molecule has 1 heterocycles. The van der Waals surface area contributed by atoms with Crippen molar-refractivity contribution in [2.45, 2.75) is 32.0 Å². The first-order chi connectivity index (χ1) is 8.70. The zero-order valence-electron chi connectivity index (χ0n) is 10.7. The molecule has 0 fully saturated rings. The van der Waals surface area contributed by atoms with Gasteiger partial charge in [0, 0.05) is 20.1 Å². The van der Waals surface area contributed by atoms with Gasteiger partial charge in [0.1, 0.15) is 6.61 Å². The first-order valence-electron chi connectivity index (χ1n) is 5.71. The normalized spacial score (nSPS) is 13.8. The number of hydrogen-bond acceptors (Lipinski definition) is 3. The van der Waals surface area contributed by atoms with E-state index in [4.69, 9.17) is 11.6 Å². The summed E-state index contributed by atoms with van der Waals surface area (Å²) in [5.41, 5.74) is 1.31. The van der Waals surface area contributed by atoms with Gasteiger partial charge in [0.15, 0.2) is 0 Å². The maximum absolute atomic E-state index is 11.8. The van der Waals surface area contributed by atoms with Crippen LogP contribution in [0.15, 0.2) is 0 Å². The lowest BCUT2D eigenvalue weighted by Gasteiger charge is -2.12. The van der Waals surface area contributed by atoms with Crippen LogP contribution in [0, 0.1) is 6.92 Å². The number of aliphatic hydroxyl groups excluding tert-OH is 1. The summed E-state index contributed by atoms with van der Waals surface area (Å²) in [6, 6.07) is 0. The summed E-state index contributed by atoms with van der Waals surface area (Å²) in [5, 5.41) is 14.3. The summed E-state index contributed by atoms with van der Waals surface area (Å²) in [6.45, 7) is 0.283. The summed E-state index contributed by atoms with van der Waals surface area (Å²) in [4.78, 5) is 0. The second kappa shape index (κ2) is 6.58. The molecule has 0 radical (unpaired) electrons. The van der Waals surface area contributed by atoms with Crippen molar-refractivity contribution in [2.24, 2.45) is 7.05 Å². The van der Waals surface area contributed by atoms with Crippen molar-refractivity contribution in [2.75, 3.05) is 13.2 Å². The van der Waals surface area contributed by atoms with E-state index in [2.05, 4.69) is 9.84 Å². The number of halogens is 4. The Labute approximate surface area is 114 Å². The largest absolute Gasteiger partial charge is 0.411 e. The molecule has 0 aliphatic carbocycles. The number of nitrogens with zero attached hydrogens (tertiary/aromatic N) is 2. The molecule has 0 aromatic carbocycles. The van der Waals surface area contributed by atoms with Gasteiger partial charge in [0.25, 0.3) is 0 Å². The van der Waals surface area contributed by atoms with Crippen LogP contribution in [-0.2, 0) is 18.2 Å². The molecule has 0 saturated carbocycles. The molecule has 4 nitrogen and oxygen atoms in total. The van der Waals surface area contributed by atoms with Gasteiger partial charge in [-0.15, -0.1) is 0 Å². The zero-order valence-corrected chi connectivity index (χ0v) is 11.4. The van der Waals surface area contributed by atoms with Crippen LogP contribution in [0.25, 0.3) is 0 Å². The number of aromatic nitrogens is 2. The summed E-state index contributed by atoms with van der Waals surface area (Å²) in [5.74, 6) is 0. The minimum atomic E-state index is -4.34. The van der Waals surface area contributed by atoms with Crippen LogP contribution < -0.4 is 0 Å². The highest BCUT2D eigenvalue weighted by molar-refractivity contribution is 6.31. The Kier molecular flexibility index (Phi) is 5.64. The summed E-state index contributed by atoms with van der Waals surface area (Å²) in [7, 11) is 1.70. The molecule has 1 atom stereocenters. The van der Waals surface area contributed by atoms with Crippen LogP contribution in [0.5, 0.6) is 0 Å². The molecule has 0 spiro atoms. The Bertz CT molecular complexity index is 421. The molecule has 0 amide bonds. The standard InChI is InChI=1S/C11H16ClF3N2O2/c1-7-10(12)9(17(2)16-7)5-8(18)3-4-19-6-11(13,14)15/h8,18H,3-6H2,1-2H3. The second-order valence-corrected chi connectivity index (χ2v) is 4.66. The van der Waals surface area contributed by atoms with Gasteiger partial charge in [-0.1, -0.05) is 11.6 Å². The topological polar surface area (TPSA) is 47.3 Å². The third-order valence-corrected chi connectivity index (χ3v) is 3.04. The maximum Gasteiger partial charge on any atom is 0.411 e. The SMILES string of the molecule is Cc1nn(C)c(CC(O)CCOCC(F)(F)F)c1Cl. The second-order valence-electron chi connectivity index (χ2n) is 4.28. The Balaban J connectivity index is 2.37. The molecule has 110 valence electrons. The fourth-order valence-corrected chi connectivity index (χ4v) is 1.87. The molecular formula is C11H16ClF3N2O2. The average molecular weight is 301 g/mol. The Morgan fingerprint density at radius 3 is 2.58 bits per heavy atom. The molecule has 8 heteroatoms. The Morgan fingerprint density at radius 2 is 2.11 bits per heavy atom. The van der Waals surface area contributed by atoms with Crippen molar-refractivity contribution >= 4 is 11.6 Å². The molecule has 0 bridgehead atoms. The minimum Gasteiger partial charge on any atom is -0.393 e. The highest BCUT2D eigenvalue weighted by Crippen LogP contribution is 2.21. The van der Waals surface area contributed by atoms with Crippen molar-refractivity contribution in [3.05, 3.63) is 16.4 Å². The van der Waals surface area contributed by atoms with Crippen molar-refractivity contribution in [1.29, 1.82) is 0 Å². The Morgan fingerprint density at radius 1 is 1.47 bits per heavy atom. The van der Waals surface area contributed by atoms with Crippen molar-refractivity contribution < 1.29 is 23.0 Å². The van der Waals surface area contributed by atoms with Gasteiger partial charge in [-0.3, -0.25) is 4.68 Å². The maximum atomic E-state index is 11.8. The van der Waals surface area contributed by atoms with E-state index >= 15 is 0 Å². The number of rotatable bonds is 6. The number of ether oxygens (including phenoxy) is 1. The fraction of sp³-hybridized carbons (Fsp3) is 0.727. The van der Waals surface area contributed by atoms with Gasteiger partial charge >= 0.3 is 6.18 Å². The molecule has 0 aliphatic rings. The average Bonchev–Trinajstić information content (AvgIpc) is 2.50. The predicted octanol–water partition coefficient (Wildman–Crippen LogP) is 2.25. The third-order valence-electron chi connectivity index (χ3n) is 2.55. The van der Waals surface area contributed by atoms with Gasteiger partial charge in [-0.05, 0) is 13.3 Å². The third kappa shape index (κ3) is 5.38. The van der Waals surface area contributed by atoms with Gasteiger partial charge in [-0.2, -0.15) is 18.3 Å². The molecule has 0 aliphatic heterocycles. The molecule has 1 aromatic rings. The van der Waals surface area contributed by atoms with Crippen LogP contribution in [0.2, 0.25) is 5.02 Å². The van der Waals surface area contributed by atoms with E-state index in [-0.39, 0.29) is 19.4 Å². The number of aliphatic hydroxyl groups is 1. The van der Waals surface area contributed by atoms with Crippen molar-refractivity contribution in [3.63, 3.8) is 0 Å². The monoisotopic (exact) mass is 300 g/mol. The molecule has 0 saturated heterocycles. The quantitative estimate of drug-likeness (QED) is 0.820. The highest BCUT2D eigenvalue weighted by Gasteiger charge is 2.27. The zero-order chi connectivity index (χ0) is 14.6. The van der Waals surface area contributed by atoms with E-state index < -0.39 is 18.9 Å². The van der Waals surface area contributed by atoms with Crippen LogP contribution in [-0.4, -0.2) is 40.4 Å². The van der Waals surface area contributed by atoms with Gasteiger partial charge in [0.05, 0.1) is 22.5 Å². The van der Waals surface area contributed by atoms with E-state index in [1.807, 2.05) is 0 Å². The molecule has 1 aromatic heterocycles. The summed E-state index contributed by atoms with van der Waals surface area (Å²) < 4.78 is 41.4. The minimum absolute atomic E-state index is 0.108. The molecule has 19 heavy (non-hydrogen) atoms. The number of alkyl halides is 3. The van der Waals surface area contributed by atoms with Crippen molar-refractivity contribution in [1.82, 2.24) is 9.78 Å². The molecule has 1 N–H and O–H groups in total. The predicted molar refractivity (Wildman–Crippen MR) is 64.2 cm³/mol. The van der Waals surface area contributed by atoms with E-state index in [0.29, 0.717) is 16.4 Å². The lowest BCUT2D eigenvalue weighted by atomic mass is 10.1. The van der Waals surface area contributed by atoms with Gasteiger partial charge in [-0.25, -0.2) is 0 Å². The first kappa shape index (κ1) is 16.3.